The molecule has 0 radical (unpaired) electrons. The Balaban J connectivity index is 1.28. The van der Waals surface area contributed by atoms with Gasteiger partial charge in [-0.15, -0.1) is 0 Å². The zero-order valence-corrected chi connectivity index (χ0v) is 21.3. The highest BCUT2D eigenvalue weighted by atomic mass is 35.5. The Morgan fingerprint density at radius 1 is 0.972 bits per heavy atom. The van der Waals surface area contributed by atoms with Gasteiger partial charge in [-0.1, -0.05) is 48.2 Å². The molecule has 0 spiro atoms. The van der Waals surface area contributed by atoms with Gasteiger partial charge in [0.05, 0.1) is 12.2 Å². The van der Waals surface area contributed by atoms with Crippen LogP contribution in [0, 0.1) is 11.7 Å². The van der Waals surface area contributed by atoms with Gasteiger partial charge in [0.25, 0.3) is 0 Å². The minimum Gasteiger partial charge on any atom is -0.493 e. The van der Waals surface area contributed by atoms with Gasteiger partial charge in [0.15, 0.2) is 17.3 Å². The predicted molar refractivity (Wildman–Crippen MR) is 138 cm³/mol. The molecule has 2 atom stereocenters. The molecule has 5 rings (SSSR count). The topological polar surface area (TPSA) is 44.8 Å². The van der Waals surface area contributed by atoms with Gasteiger partial charge in [-0.2, -0.15) is 0 Å². The standard InChI is InChI=1S/C29H27Cl2FO4/c30-24-6-3-7-25(31)22(24)10-12-27(33)23-14-18(8-11-26(23)32)21-5-2-1-4-19(21)16-34-20-9-13-28-29(15-20)36-17-35-28/h3,6-9,11,13-15,19,21H,1-2,4-5,10,12,16-17H2/t19-,21-/m0/s1. The Morgan fingerprint density at radius 3 is 2.58 bits per heavy atom. The first kappa shape index (κ1) is 24.9. The van der Waals surface area contributed by atoms with Crippen LogP contribution in [0.1, 0.15) is 59.5 Å². The number of hydrogen-bond donors (Lipinski definition) is 0. The molecule has 1 aliphatic heterocycles. The summed E-state index contributed by atoms with van der Waals surface area (Å²) in [5.41, 5.74) is 1.81. The Kier molecular flexibility index (Phi) is 7.68. The van der Waals surface area contributed by atoms with E-state index in [9.17, 15) is 9.18 Å². The van der Waals surface area contributed by atoms with Crippen LogP contribution in [0.25, 0.3) is 0 Å². The molecule has 1 aliphatic carbocycles. The monoisotopic (exact) mass is 528 g/mol. The molecule has 2 aliphatic rings. The van der Waals surface area contributed by atoms with Crippen molar-refractivity contribution in [2.24, 2.45) is 5.92 Å². The molecular formula is C29H27Cl2FO4. The third-order valence-electron chi connectivity index (χ3n) is 7.10. The van der Waals surface area contributed by atoms with Crippen molar-refractivity contribution in [3.63, 3.8) is 0 Å². The van der Waals surface area contributed by atoms with Gasteiger partial charge in [-0.25, -0.2) is 4.39 Å². The lowest BCUT2D eigenvalue weighted by Crippen LogP contribution is -2.24. The second-order valence-corrected chi connectivity index (χ2v) is 10.2. The molecule has 0 bridgehead atoms. The summed E-state index contributed by atoms with van der Waals surface area (Å²) in [6.45, 7) is 0.760. The number of fused-ring (bicyclic) bond motifs is 1. The smallest absolute Gasteiger partial charge is 0.231 e. The van der Waals surface area contributed by atoms with Crippen molar-refractivity contribution in [1.82, 2.24) is 0 Å². The van der Waals surface area contributed by atoms with Crippen molar-refractivity contribution in [3.05, 3.63) is 87.2 Å². The average Bonchev–Trinajstić information content (AvgIpc) is 3.35. The van der Waals surface area contributed by atoms with Crippen molar-refractivity contribution < 1.29 is 23.4 Å². The van der Waals surface area contributed by atoms with Crippen molar-refractivity contribution in [3.8, 4) is 17.2 Å². The van der Waals surface area contributed by atoms with E-state index in [0.717, 1.165) is 42.7 Å². The number of carbonyl (C=O) groups is 1. The Morgan fingerprint density at radius 2 is 1.75 bits per heavy atom. The summed E-state index contributed by atoms with van der Waals surface area (Å²) in [6.07, 6.45) is 4.69. The maximum Gasteiger partial charge on any atom is 0.231 e. The molecule has 0 N–H and O–H groups in total. The van der Waals surface area contributed by atoms with Crippen molar-refractivity contribution >= 4 is 29.0 Å². The minimum absolute atomic E-state index is 0.122. The molecule has 3 aromatic rings. The molecule has 0 saturated heterocycles. The number of carbonyl (C=O) groups excluding carboxylic acids is 1. The number of hydrogen-bond acceptors (Lipinski definition) is 4. The van der Waals surface area contributed by atoms with E-state index in [1.54, 1.807) is 30.3 Å². The van der Waals surface area contributed by atoms with Gasteiger partial charge >= 0.3 is 0 Å². The van der Waals surface area contributed by atoms with Crippen LogP contribution in [0.15, 0.2) is 54.6 Å². The molecule has 1 fully saturated rings. The van der Waals surface area contributed by atoms with E-state index in [1.807, 2.05) is 18.2 Å². The normalized spacial score (nSPS) is 18.8. The summed E-state index contributed by atoms with van der Waals surface area (Å²) in [5, 5.41) is 1.02. The number of halogens is 3. The number of benzene rings is 3. The zero-order chi connectivity index (χ0) is 25.1. The van der Waals surface area contributed by atoms with E-state index in [2.05, 4.69) is 0 Å². The summed E-state index contributed by atoms with van der Waals surface area (Å²) in [4.78, 5) is 13.0. The Labute approximate surface area is 220 Å². The number of Topliss-reactive ketones (excluding diaryl/α,β-unsaturated/α-hetero) is 1. The van der Waals surface area contributed by atoms with E-state index in [4.69, 9.17) is 37.4 Å². The van der Waals surface area contributed by atoms with Crippen LogP contribution in [0.2, 0.25) is 10.0 Å². The van der Waals surface area contributed by atoms with Crippen molar-refractivity contribution in [2.75, 3.05) is 13.4 Å². The van der Waals surface area contributed by atoms with Gasteiger partial charge < -0.3 is 14.2 Å². The summed E-state index contributed by atoms with van der Waals surface area (Å²) >= 11 is 12.5. The molecule has 3 aromatic carbocycles. The van der Waals surface area contributed by atoms with Gasteiger partial charge in [0, 0.05) is 22.5 Å². The third kappa shape index (κ3) is 5.47. The molecule has 7 heteroatoms. The molecule has 36 heavy (non-hydrogen) atoms. The summed E-state index contributed by atoms with van der Waals surface area (Å²) in [6, 6.07) is 15.8. The molecule has 188 valence electrons. The molecule has 0 amide bonds. The first-order valence-electron chi connectivity index (χ1n) is 12.3. The summed E-state index contributed by atoms with van der Waals surface area (Å²) in [7, 11) is 0. The highest BCUT2D eigenvalue weighted by Crippen LogP contribution is 2.40. The van der Waals surface area contributed by atoms with Gasteiger partial charge in [-0.3, -0.25) is 4.79 Å². The molecule has 0 aromatic heterocycles. The van der Waals surface area contributed by atoms with Crippen LogP contribution < -0.4 is 14.2 Å². The molecule has 0 unspecified atom stereocenters. The van der Waals surface area contributed by atoms with Gasteiger partial charge in [-0.05, 0) is 78.6 Å². The number of ether oxygens (including phenoxy) is 3. The second kappa shape index (κ2) is 11.1. The number of ketones is 1. The fourth-order valence-electron chi connectivity index (χ4n) is 5.15. The van der Waals surface area contributed by atoms with Crippen LogP contribution in [0.4, 0.5) is 4.39 Å². The highest BCUT2D eigenvalue weighted by Gasteiger charge is 2.28. The fraction of sp³-hybridized carbons (Fsp3) is 0.345. The predicted octanol–water partition coefficient (Wildman–Crippen LogP) is 8.03. The van der Waals surface area contributed by atoms with Crippen LogP contribution in [0.5, 0.6) is 17.2 Å². The van der Waals surface area contributed by atoms with Crippen LogP contribution >= 0.6 is 23.2 Å². The van der Waals surface area contributed by atoms with E-state index >= 15 is 0 Å². The minimum atomic E-state index is -0.502. The molecule has 4 nitrogen and oxygen atoms in total. The van der Waals surface area contributed by atoms with E-state index in [0.29, 0.717) is 34.4 Å². The van der Waals surface area contributed by atoms with E-state index in [-0.39, 0.29) is 36.4 Å². The maximum atomic E-state index is 14.7. The quantitative estimate of drug-likeness (QED) is 0.277. The second-order valence-electron chi connectivity index (χ2n) is 9.34. The lowest BCUT2D eigenvalue weighted by molar-refractivity contribution is 0.0978. The van der Waals surface area contributed by atoms with Gasteiger partial charge in [0.1, 0.15) is 11.6 Å². The van der Waals surface area contributed by atoms with Crippen LogP contribution in [0.3, 0.4) is 0 Å². The summed E-state index contributed by atoms with van der Waals surface area (Å²) in [5.74, 6) is 1.84. The largest absolute Gasteiger partial charge is 0.493 e. The van der Waals surface area contributed by atoms with E-state index in [1.165, 1.54) is 6.07 Å². The molecular weight excluding hydrogens is 502 g/mol. The molecule has 1 heterocycles. The molecule has 1 saturated carbocycles. The Bertz CT molecular complexity index is 1240. The SMILES string of the molecule is O=C(CCc1c(Cl)cccc1Cl)c1cc([C@@H]2CCCC[C@H]2COc2ccc3c(c2)OCO3)ccc1F. The summed E-state index contributed by atoms with van der Waals surface area (Å²) < 4.78 is 31.7. The first-order chi connectivity index (χ1) is 17.5. The van der Waals surface area contributed by atoms with Crippen molar-refractivity contribution in [2.45, 2.75) is 44.4 Å². The zero-order valence-electron chi connectivity index (χ0n) is 19.8. The third-order valence-corrected chi connectivity index (χ3v) is 7.81. The van der Waals surface area contributed by atoms with Gasteiger partial charge in [0.2, 0.25) is 6.79 Å². The Hall–Kier alpha value is -2.76. The van der Waals surface area contributed by atoms with Crippen LogP contribution in [-0.2, 0) is 6.42 Å². The number of rotatable bonds is 8. The van der Waals surface area contributed by atoms with Crippen molar-refractivity contribution in [1.29, 1.82) is 0 Å². The highest BCUT2D eigenvalue weighted by molar-refractivity contribution is 6.36. The van der Waals surface area contributed by atoms with E-state index < -0.39 is 5.82 Å². The lowest BCUT2D eigenvalue weighted by atomic mass is 9.75. The maximum absolute atomic E-state index is 14.7. The average molecular weight is 529 g/mol. The van der Waals surface area contributed by atoms with Crippen LogP contribution in [-0.4, -0.2) is 19.2 Å². The first-order valence-corrected chi connectivity index (χ1v) is 13.0. The lowest BCUT2D eigenvalue weighted by Gasteiger charge is -2.32. The fourth-order valence-corrected chi connectivity index (χ4v) is 5.73.